The van der Waals surface area contributed by atoms with Crippen LogP contribution in [0.15, 0.2) is 12.1 Å². The van der Waals surface area contributed by atoms with Gasteiger partial charge in [-0.3, -0.25) is 14.9 Å². The average molecular weight is 223 g/mol. The molecule has 0 fully saturated rings. The maximum Gasteiger partial charge on any atom is 0.311 e. The highest BCUT2D eigenvalue weighted by Gasteiger charge is 2.20. The molecule has 1 aromatic carbocycles. The Bertz CT molecular complexity index is 440. The second kappa shape index (κ2) is 4.74. The lowest BCUT2D eigenvalue weighted by Crippen LogP contribution is -2.04. The SMILES string of the molecule is CCOc1c([N+](=O)[O-])ccc(C(C)=O)c1C. The Labute approximate surface area is 93.2 Å². The minimum absolute atomic E-state index is 0.107. The molecule has 1 aromatic rings. The lowest BCUT2D eigenvalue weighted by atomic mass is 10.0. The first-order valence-electron chi connectivity index (χ1n) is 4.90. The molecule has 0 aromatic heterocycles. The number of rotatable bonds is 4. The molecule has 0 amide bonds. The number of carbonyl (C=O) groups is 1. The van der Waals surface area contributed by atoms with E-state index in [0.29, 0.717) is 17.7 Å². The summed E-state index contributed by atoms with van der Waals surface area (Å²) in [4.78, 5) is 21.5. The average Bonchev–Trinajstić information content (AvgIpc) is 2.20. The van der Waals surface area contributed by atoms with E-state index in [9.17, 15) is 14.9 Å². The molecule has 0 atom stereocenters. The van der Waals surface area contributed by atoms with E-state index in [2.05, 4.69) is 0 Å². The van der Waals surface area contributed by atoms with Gasteiger partial charge in [-0.1, -0.05) is 0 Å². The zero-order valence-corrected chi connectivity index (χ0v) is 9.44. The van der Waals surface area contributed by atoms with Crippen LogP contribution in [0.2, 0.25) is 0 Å². The van der Waals surface area contributed by atoms with Gasteiger partial charge in [0.1, 0.15) is 0 Å². The van der Waals surface area contributed by atoms with Crippen LogP contribution in [0.1, 0.15) is 29.8 Å². The second-order valence-electron chi connectivity index (χ2n) is 3.33. The molecule has 0 saturated heterocycles. The third-order valence-corrected chi connectivity index (χ3v) is 2.25. The van der Waals surface area contributed by atoms with Gasteiger partial charge in [0.2, 0.25) is 5.75 Å². The van der Waals surface area contributed by atoms with E-state index in [1.165, 1.54) is 19.1 Å². The summed E-state index contributed by atoms with van der Waals surface area (Å²) in [5, 5.41) is 10.8. The van der Waals surface area contributed by atoms with Gasteiger partial charge in [-0.15, -0.1) is 0 Å². The monoisotopic (exact) mass is 223 g/mol. The molecular weight excluding hydrogens is 210 g/mol. The summed E-state index contributed by atoms with van der Waals surface area (Å²) in [6.07, 6.45) is 0. The third-order valence-electron chi connectivity index (χ3n) is 2.25. The Balaban J connectivity index is 3.41. The molecule has 1 rings (SSSR count). The number of nitro benzene ring substituents is 1. The molecule has 5 heteroatoms. The zero-order chi connectivity index (χ0) is 12.3. The van der Waals surface area contributed by atoms with E-state index in [-0.39, 0.29) is 17.2 Å². The van der Waals surface area contributed by atoms with Crippen molar-refractivity contribution < 1.29 is 14.5 Å². The first kappa shape index (κ1) is 12.2. The molecule has 86 valence electrons. The fourth-order valence-electron chi connectivity index (χ4n) is 1.53. The van der Waals surface area contributed by atoms with Crippen molar-refractivity contribution in [3.8, 4) is 5.75 Å². The Kier molecular flexibility index (Phi) is 3.60. The molecule has 5 nitrogen and oxygen atoms in total. The molecule has 0 aliphatic heterocycles. The summed E-state index contributed by atoms with van der Waals surface area (Å²) in [6, 6.07) is 2.76. The summed E-state index contributed by atoms with van der Waals surface area (Å²) in [6.45, 7) is 5.13. The van der Waals surface area contributed by atoms with Crippen molar-refractivity contribution in [2.75, 3.05) is 6.61 Å². The molecule has 0 aliphatic carbocycles. The van der Waals surface area contributed by atoms with E-state index in [1.54, 1.807) is 13.8 Å². The van der Waals surface area contributed by atoms with Gasteiger partial charge in [-0.25, -0.2) is 0 Å². The number of ketones is 1. The topological polar surface area (TPSA) is 69.4 Å². The Morgan fingerprint density at radius 1 is 1.50 bits per heavy atom. The van der Waals surface area contributed by atoms with Gasteiger partial charge in [0, 0.05) is 17.2 Å². The minimum Gasteiger partial charge on any atom is -0.487 e. The number of hydrogen-bond donors (Lipinski definition) is 0. The molecule has 0 spiro atoms. The molecule has 0 bridgehead atoms. The largest absolute Gasteiger partial charge is 0.487 e. The van der Waals surface area contributed by atoms with Crippen molar-refractivity contribution in [2.45, 2.75) is 20.8 Å². The molecular formula is C11H13NO4. The van der Waals surface area contributed by atoms with Gasteiger partial charge < -0.3 is 4.74 Å². The van der Waals surface area contributed by atoms with Crippen molar-refractivity contribution >= 4 is 11.5 Å². The van der Waals surface area contributed by atoms with Crippen molar-refractivity contribution in [1.29, 1.82) is 0 Å². The van der Waals surface area contributed by atoms with Crippen molar-refractivity contribution in [1.82, 2.24) is 0 Å². The van der Waals surface area contributed by atoms with Gasteiger partial charge in [0.15, 0.2) is 5.78 Å². The lowest BCUT2D eigenvalue weighted by molar-refractivity contribution is -0.385. The minimum atomic E-state index is -0.512. The maximum atomic E-state index is 11.3. The Morgan fingerprint density at radius 3 is 2.56 bits per heavy atom. The van der Waals surface area contributed by atoms with Crippen LogP contribution in [0.3, 0.4) is 0 Å². The lowest BCUT2D eigenvalue weighted by Gasteiger charge is -2.10. The highest BCUT2D eigenvalue weighted by molar-refractivity contribution is 5.96. The van der Waals surface area contributed by atoms with Gasteiger partial charge in [0.25, 0.3) is 0 Å². The van der Waals surface area contributed by atoms with Crippen LogP contribution in [0.5, 0.6) is 5.75 Å². The van der Waals surface area contributed by atoms with Crippen LogP contribution in [-0.4, -0.2) is 17.3 Å². The quantitative estimate of drug-likeness (QED) is 0.446. The van der Waals surface area contributed by atoms with E-state index >= 15 is 0 Å². The number of nitrogens with zero attached hydrogens (tertiary/aromatic N) is 1. The summed E-state index contributed by atoms with van der Waals surface area (Å²) in [7, 11) is 0. The van der Waals surface area contributed by atoms with E-state index in [0.717, 1.165) is 0 Å². The second-order valence-corrected chi connectivity index (χ2v) is 3.33. The van der Waals surface area contributed by atoms with E-state index < -0.39 is 4.92 Å². The number of carbonyl (C=O) groups excluding carboxylic acids is 1. The number of benzene rings is 1. The maximum absolute atomic E-state index is 11.3. The third kappa shape index (κ3) is 2.18. The van der Waals surface area contributed by atoms with Crippen molar-refractivity contribution in [3.63, 3.8) is 0 Å². The van der Waals surface area contributed by atoms with E-state index in [1.807, 2.05) is 0 Å². The summed E-state index contributed by atoms with van der Waals surface area (Å²) in [5.74, 6) is 0.0496. The number of nitro groups is 1. The van der Waals surface area contributed by atoms with Crippen LogP contribution < -0.4 is 4.74 Å². The van der Waals surface area contributed by atoms with Crippen LogP contribution in [0.25, 0.3) is 0 Å². The van der Waals surface area contributed by atoms with Crippen LogP contribution in [0.4, 0.5) is 5.69 Å². The molecule has 0 N–H and O–H groups in total. The van der Waals surface area contributed by atoms with Crippen molar-refractivity contribution in [3.05, 3.63) is 33.4 Å². The standard InChI is InChI=1S/C11H13NO4/c1-4-16-11-7(2)9(8(3)13)5-6-10(11)12(14)15/h5-6H,4H2,1-3H3. The highest BCUT2D eigenvalue weighted by atomic mass is 16.6. The first-order valence-corrected chi connectivity index (χ1v) is 4.90. The fourth-order valence-corrected chi connectivity index (χ4v) is 1.53. The Morgan fingerprint density at radius 2 is 2.12 bits per heavy atom. The van der Waals surface area contributed by atoms with Gasteiger partial charge in [-0.2, -0.15) is 0 Å². The normalized spacial score (nSPS) is 9.94. The molecule has 0 saturated carbocycles. The van der Waals surface area contributed by atoms with E-state index in [4.69, 9.17) is 4.74 Å². The first-order chi connectivity index (χ1) is 7.49. The van der Waals surface area contributed by atoms with Crippen LogP contribution in [0, 0.1) is 17.0 Å². The van der Waals surface area contributed by atoms with Crippen molar-refractivity contribution in [2.24, 2.45) is 0 Å². The summed E-state index contributed by atoms with van der Waals surface area (Å²) in [5.41, 5.74) is 0.863. The van der Waals surface area contributed by atoms with Gasteiger partial charge in [0.05, 0.1) is 11.5 Å². The van der Waals surface area contributed by atoms with Crippen LogP contribution in [-0.2, 0) is 0 Å². The predicted molar refractivity (Wildman–Crippen MR) is 59.0 cm³/mol. The number of hydrogen-bond acceptors (Lipinski definition) is 4. The molecule has 16 heavy (non-hydrogen) atoms. The Hall–Kier alpha value is -1.91. The number of Topliss-reactive ketones (excluding diaryl/α,β-unsaturated/α-hetero) is 1. The fraction of sp³-hybridized carbons (Fsp3) is 0.364. The molecule has 0 aliphatic rings. The number of ether oxygens (including phenoxy) is 1. The highest BCUT2D eigenvalue weighted by Crippen LogP contribution is 2.33. The summed E-state index contributed by atoms with van der Waals surface area (Å²) < 4.78 is 5.23. The smallest absolute Gasteiger partial charge is 0.311 e. The summed E-state index contributed by atoms with van der Waals surface area (Å²) >= 11 is 0. The molecule has 0 radical (unpaired) electrons. The molecule has 0 unspecified atom stereocenters. The molecule has 0 heterocycles. The van der Waals surface area contributed by atoms with Gasteiger partial charge >= 0.3 is 5.69 Å². The van der Waals surface area contributed by atoms with Gasteiger partial charge in [-0.05, 0) is 26.8 Å². The predicted octanol–water partition coefficient (Wildman–Crippen LogP) is 2.50. The zero-order valence-electron chi connectivity index (χ0n) is 9.44. The van der Waals surface area contributed by atoms with Crippen LogP contribution >= 0.6 is 0 Å².